The van der Waals surface area contributed by atoms with Crippen molar-refractivity contribution < 1.29 is 13.2 Å². The highest BCUT2D eigenvalue weighted by Crippen LogP contribution is 2.35. The van der Waals surface area contributed by atoms with E-state index < -0.39 is 17.8 Å². The van der Waals surface area contributed by atoms with Crippen molar-refractivity contribution in [2.45, 2.75) is 32.5 Å². The van der Waals surface area contributed by atoms with Crippen molar-refractivity contribution in [1.29, 1.82) is 0 Å². The van der Waals surface area contributed by atoms with Crippen LogP contribution in [-0.2, 0) is 6.18 Å². The molecule has 0 saturated carbocycles. The maximum atomic E-state index is 13.1. The monoisotopic (exact) mass is 288 g/mol. The number of likely N-dealkylation sites (N-methyl/N-ethyl adjacent to an activating group) is 1. The minimum Gasteiger partial charge on any atom is -0.329 e. The number of nitrogens with two attached hydrogens (primary N) is 1. The fourth-order valence-electron chi connectivity index (χ4n) is 2.21. The molecule has 0 aliphatic carbocycles. The Kier molecular flexibility index (Phi) is 6.02. The number of hydrogen-bond donors (Lipinski definition) is 1. The summed E-state index contributed by atoms with van der Waals surface area (Å²) in [6, 6.07) is 5.27. The fraction of sp³-hybridized carbons (Fsp3) is 0.600. The zero-order valence-corrected chi connectivity index (χ0v) is 12.2. The quantitative estimate of drug-likeness (QED) is 0.865. The van der Waals surface area contributed by atoms with E-state index in [0.717, 1.165) is 19.0 Å². The van der Waals surface area contributed by atoms with E-state index >= 15 is 0 Å². The van der Waals surface area contributed by atoms with E-state index in [-0.39, 0.29) is 12.1 Å². The van der Waals surface area contributed by atoms with Crippen LogP contribution in [0.15, 0.2) is 24.3 Å². The predicted octanol–water partition coefficient (Wildman–Crippen LogP) is 3.68. The zero-order valence-electron chi connectivity index (χ0n) is 12.2. The Morgan fingerprint density at radius 1 is 1.20 bits per heavy atom. The van der Waals surface area contributed by atoms with Gasteiger partial charge in [-0.3, -0.25) is 4.90 Å². The Balaban J connectivity index is 3.00. The molecule has 114 valence electrons. The lowest BCUT2D eigenvalue weighted by Gasteiger charge is -2.30. The molecule has 0 saturated heterocycles. The van der Waals surface area contributed by atoms with Crippen molar-refractivity contribution in [2.24, 2.45) is 11.7 Å². The summed E-state index contributed by atoms with van der Waals surface area (Å²) in [7, 11) is 1.83. The molecule has 0 aromatic heterocycles. The van der Waals surface area contributed by atoms with Crippen molar-refractivity contribution in [3.05, 3.63) is 35.4 Å². The van der Waals surface area contributed by atoms with Crippen LogP contribution in [0.1, 0.15) is 37.4 Å². The van der Waals surface area contributed by atoms with Crippen LogP contribution in [0.5, 0.6) is 0 Å². The maximum Gasteiger partial charge on any atom is 0.416 e. The zero-order chi connectivity index (χ0) is 15.3. The molecule has 2 N–H and O–H groups in total. The summed E-state index contributed by atoms with van der Waals surface area (Å²) in [4.78, 5) is 1.91. The second kappa shape index (κ2) is 7.09. The minimum absolute atomic E-state index is 0.168. The predicted molar refractivity (Wildman–Crippen MR) is 75.3 cm³/mol. The highest BCUT2D eigenvalue weighted by molar-refractivity contribution is 5.32. The van der Waals surface area contributed by atoms with Crippen LogP contribution in [0.25, 0.3) is 0 Å². The Morgan fingerprint density at radius 3 is 2.30 bits per heavy atom. The topological polar surface area (TPSA) is 29.3 Å². The van der Waals surface area contributed by atoms with Crippen LogP contribution >= 0.6 is 0 Å². The summed E-state index contributed by atoms with van der Waals surface area (Å²) in [5.41, 5.74) is 5.38. The first kappa shape index (κ1) is 17.0. The lowest BCUT2D eigenvalue weighted by molar-refractivity contribution is -0.138. The molecule has 20 heavy (non-hydrogen) atoms. The van der Waals surface area contributed by atoms with Crippen molar-refractivity contribution in [1.82, 2.24) is 4.90 Å². The molecule has 0 aliphatic heterocycles. The smallest absolute Gasteiger partial charge is 0.329 e. The van der Waals surface area contributed by atoms with E-state index in [0.29, 0.717) is 5.92 Å². The number of alkyl halides is 3. The van der Waals surface area contributed by atoms with Gasteiger partial charge < -0.3 is 5.73 Å². The van der Waals surface area contributed by atoms with Gasteiger partial charge in [-0.15, -0.1) is 0 Å². The molecule has 1 unspecified atom stereocenters. The molecular weight excluding hydrogens is 265 g/mol. The van der Waals surface area contributed by atoms with Crippen LogP contribution in [0.3, 0.4) is 0 Å². The minimum atomic E-state index is -4.34. The lowest BCUT2D eigenvalue weighted by Crippen LogP contribution is -2.33. The van der Waals surface area contributed by atoms with Crippen molar-refractivity contribution in [2.75, 3.05) is 20.1 Å². The first-order valence-electron chi connectivity index (χ1n) is 6.83. The van der Waals surface area contributed by atoms with Gasteiger partial charge in [-0.25, -0.2) is 0 Å². The Labute approximate surface area is 118 Å². The summed E-state index contributed by atoms with van der Waals surface area (Å²) in [6.07, 6.45) is -3.41. The van der Waals surface area contributed by atoms with E-state index in [9.17, 15) is 13.2 Å². The molecule has 0 fully saturated rings. The molecule has 1 atom stereocenters. The van der Waals surface area contributed by atoms with Crippen molar-refractivity contribution in [3.8, 4) is 0 Å². The third kappa shape index (κ3) is 4.49. The highest BCUT2D eigenvalue weighted by atomic mass is 19.4. The number of halogens is 3. The first-order valence-corrected chi connectivity index (χ1v) is 6.83. The molecule has 0 radical (unpaired) electrons. The average Bonchev–Trinajstić information content (AvgIpc) is 2.36. The molecule has 0 amide bonds. The molecule has 1 aromatic rings. The molecule has 5 heteroatoms. The maximum absolute atomic E-state index is 13.1. The van der Waals surface area contributed by atoms with Crippen molar-refractivity contribution in [3.63, 3.8) is 0 Å². The van der Waals surface area contributed by atoms with Gasteiger partial charge in [0.05, 0.1) is 5.56 Å². The van der Waals surface area contributed by atoms with E-state index in [4.69, 9.17) is 5.73 Å². The molecule has 2 nitrogen and oxygen atoms in total. The van der Waals surface area contributed by atoms with Gasteiger partial charge in [0.25, 0.3) is 0 Å². The second-order valence-corrected chi connectivity index (χ2v) is 5.50. The molecule has 1 aromatic carbocycles. The SMILES string of the molecule is CC(C)CCN(C)C(CN)c1ccccc1C(F)(F)F. The lowest BCUT2D eigenvalue weighted by atomic mass is 9.98. The van der Waals surface area contributed by atoms with Gasteiger partial charge in [0.15, 0.2) is 0 Å². The van der Waals surface area contributed by atoms with Crippen LogP contribution in [-0.4, -0.2) is 25.0 Å². The standard InChI is InChI=1S/C15H23F3N2/c1-11(2)8-9-20(3)14(10-19)12-6-4-5-7-13(12)15(16,17)18/h4-7,11,14H,8-10,19H2,1-3H3. The summed E-state index contributed by atoms with van der Waals surface area (Å²) in [5, 5.41) is 0. The van der Waals surface area contributed by atoms with Gasteiger partial charge in [0.1, 0.15) is 0 Å². The number of rotatable bonds is 6. The number of hydrogen-bond acceptors (Lipinski definition) is 2. The van der Waals surface area contributed by atoms with Gasteiger partial charge >= 0.3 is 6.18 Å². The Hall–Kier alpha value is -1.07. The van der Waals surface area contributed by atoms with Crippen molar-refractivity contribution >= 4 is 0 Å². The van der Waals surface area contributed by atoms with Gasteiger partial charge in [0, 0.05) is 12.6 Å². The van der Waals surface area contributed by atoms with E-state index in [1.807, 2.05) is 11.9 Å². The second-order valence-electron chi connectivity index (χ2n) is 5.50. The number of benzene rings is 1. The van der Waals surface area contributed by atoms with Crippen LogP contribution < -0.4 is 5.73 Å². The van der Waals surface area contributed by atoms with Crippen LogP contribution in [0.2, 0.25) is 0 Å². The normalized spacial score (nSPS) is 14.1. The van der Waals surface area contributed by atoms with Crippen LogP contribution in [0, 0.1) is 5.92 Å². The van der Waals surface area contributed by atoms with Gasteiger partial charge in [-0.1, -0.05) is 32.0 Å². The van der Waals surface area contributed by atoms with Crippen LogP contribution in [0.4, 0.5) is 13.2 Å². The molecule has 0 spiro atoms. The number of nitrogens with zero attached hydrogens (tertiary/aromatic N) is 1. The average molecular weight is 288 g/mol. The summed E-state index contributed by atoms with van der Waals surface area (Å²) in [5.74, 6) is 0.508. The van der Waals surface area contributed by atoms with E-state index in [1.165, 1.54) is 12.1 Å². The summed E-state index contributed by atoms with van der Waals surface area (Å²) in [6.45, 7) is 5.08. The fourth-order valence-corrected chi connectivity index (χ4v) is 2.21. The van der Waals surface area contributed by atoms with E-state index in [1.54, 1.807) is 6.07 Å². The third-order valence-corrected chi connectivity index (χ3v) is 3.44. The van der Waals surface area contributed by atoms with Gasteiger partial charge in [0.2, 0.25) is 0 Å². The Bertz CT molecular complexity index is 416. The van der Waals surface area contributed by atoms with Gasteiger partial charge in [-0.05, 0) is 37.6 Å². The first-order chi connectivity index (χ1) is 9.27. The largest absolute Gasteiger partial charge is 0.416 e. The molecule has 1 rings (SSSR count). The third-order valence-electron chi connectivity index (χ3n) is 3.44. The van der Waals surface area contributed by atoms with E-state index in [2.05, 4.69) is 13.8 Å². The summed E-state index contributed by atoms with van der Waals surface area (Å²) >= 11 is 0. The molecule has 0 bridgehead atoms. The highest BCUT2D eigenvalue weighted by Gasteiger charge is 2.35. The molecule has 0 aliphatic rings. The summed E-state index contributed by atoms with van der Waals surface area (Å²) < 4.78 is 39.2. The molecule has 0 heterocycles. The Morgan fingerprint density at radius 2 is 1.80 bits per heavy atom. The molecular formula is C15H23F3N2. The van der Waals surface area contributed by atoms with Gasteiger partial charge in [-0.2, -0.15) is 13.2 Å².